The van der Waals surface area contributed by atoms with E-state index in [2.05, 4.69) is 15.3 Å². The van der Waals surface area contributed by atoms with E-state index in [1.165, 1.54) is 12.8 Å². The van der Waals surface area contributed by atoms with Crippen LogP contribution in [0.4, 0.5) is 0 Å². The van der Waals surface area contributed by atoms with Crippen LogP contribution in [-0.2, 0) is 0 Å². The molecule has 0 bridgehead atoms. The maximum absolute atomic E-state index is 5.73. The van der Waals surface area contributed by atoms with Crippen molar-refractivity contribution in [3.05, 3.63) is 17.4 Å². The maximum atomic E-state index is 5.73. The van der Waals surface area contributed by atoms with Gasteiger partial charge < -0.3 is 10.1 Å². The van der Waals surface area contributed by atoms with Crippen LogP contribution in [0.25, 0.3) is 0 Å². The molecule has 1 atom stereocenters. The summed E-state index contributed by atoms with van der Waals surface area (Å²) in [6, 6.07) is 2.01. The third-order valence-electron chi connectivity index (χ3n) is 2.76. The minimum absolute atomic E-state index is 0. The highest BCUT2D eigenvalue weighted by Gasteiger charge is 2.12. The molecule has 0 radical (unpaired) electrons. The normalized spacial score (nSPS) is 19.5. The molecule has 0 spiro atoms. The number of rotatable bonds is 4. The molecule has 1 fully saturated rings. The Balaban J connectivity index is 0.00000144. The van der Waals surface area contributed by atoms with E-state index in [0.717, 1.165) is 19.5 Å². The predicted octanol–water partition coefficient (Wildman–Crippen LogP) is 2.32. The van der Waals surface area contributed by atoms with Crippen LogP contribution in [0.15, 0.2) is 12.3 Å². The highest BCUT2D eigenvalue weighted by molar-refractivity contribution is 6.29. The second-order valence-corrected chi connectivity index (χ2v) is 4.40. The smallest absolute Gasteiger partial charge is 0.317 e. The van der Waals surface area contributed by atoms with E-state index in [-0.39, 0.29) is 12.4 Å². The van der Waals surface area contributed by atoms with Crippen LogP contribution in [0.3, 0.4) is 0 Å². The molecule has 2 rings (SSSR count). The van der Waals surface area contributed by atoms with Crippen LogP contribution in [0.5, 0.6) is 6.01 Å². The standard InChI is InChI=1S/C11H16ClN3O.ClH/c12-10-3-6-14-11(15-10)16-7-4-9-2-1-5-13-8-9;/h3,6,9,13H,1-2,4-5,7-8H2;1H. The Morgan fingerprint density at radius 1 is 1.53 bits per heavy atom. The summed E-state index contributed by atoms with van der Waals surface area (Å²) in [5.41, 5.74) is 0. The van der Waals surface area contributed by atoms with E-state index >= 15 is 0 Å². The molecular formula is C11H17Cl2N3O. The number of nitrogens with one attached hydrogen (secondary N) is 1. The van der Waals surface area contributed by atoms with E-state index in [9.17, 15) is 0 Å². The molecule has 6 heteroatoms. The van der Waals surface area contributed by atoms with E-state index in [1.54, 1.807) is 12.3 Å². The van der Waals surface area contributed by atoms with Gasteiger partial charge in [0.05, 0.1) is 6.61 Å². The van der Waals surface area contributed by atoms with Gasteiger partial charge in [0.1, 0.15) is 5.15 Å². The lowest BCUT2D eigenvalue weighted by Gasteiger charge is -2.22. The lowest BCUT2D eigenvalue weighted by molar-refractivity contribution is 0.240. The van der Waals surface area contributed by atoms with Crippen LogP contribution in [-0.4, -0.2) is 29.7 Å². The number of ether oxygens (including phenoxy) is 1. The predicted molar refractivity (Wildman–Crippen MR) is 70.0 cm³/mol. The van der Waals surface area contributed by atoms with Crippen molar-refractivity contribution in [2.45, 2.75) is 19.3 Å². The SMILES string of the molecule is Cl.Clc1ccnc(OCCC2CCCNC2)n1. The fraction of sp³-hybridized carbons (Fsp3) is 0.636. The van der Waals surface area contributed by atoms with Crippen LogP contribution in [0.2, 0.25) is 5.15 Å². The Hall–Kier alpha value is -0.580. The number of nitrogens with zero attached hydrogens (tertiary/aromatic N) is 2. The van der Waals surface area contributed by atoms with Crippen molar-refractivity contribution < 1.29 is 4.74 Å². The molecule has 4 nitrogen and oxygen atoms in total. The minimum Gasteiger partial charge on any atom is -0.463 e. The average molecular weight is 278 g/mol. The summed E-state index contributed by atoms with van der Waals surface area (Å²) in [4.78, 5) is 7.96. The van der Waals surface area contributed by atoms with E-state index < -0.39 is 0 Å². The number of aromatic nitrogens is 2. The first-order valence-corrected chi connectivity index (χ1v) is 6.04. The summed E-state index contributed by atoms with van der Waals surface area (Å²) < 4.78 is 5.46. The van der Waals surface area contributed by atoms with Gasteiger partial charge in [-0.25, -0.2) is 4.98 Å². The summed E-state index contributed by atoms with van der Waals surface area (Å²) >= 11 is 5.73. The molecule has 1 saturated heterocycles. The van der Waals surface area contributed by atoms with Crippen molar-refractivity contribution in [1.29, 1.82) is 0 Å². The number of piperidine rings is 1. The second-order valence-electron chi connectivity index (χ2n) is 4.01. The highest BCUT2D eigenvalue weighted by atomic mass is 35.5. The molecule has 1 aromatic rings. The van der Waals surface area contributed by atoms with Gasteiger partial charge in [0.15, 0.2) is 0 Å². The van der Waals surface area contributed by atoms with Gasteiger partial charge in [0.25, 0.3) is 0 Å². The van der Waals surface area contributed by atoms with Crippen molar-refractivity contribution in [3.63, 3.8) is 0 Å². The topological polar surface area (TPSA) is 47.0 Å². The van der Waals surface area contributed by atoms with E-state index in [0.29, 0.717) is 23.7 Å². The first-order valence-electron chi connectivity index (χ1n) is 5.66. The molecule has 96 valence electrons. The first kappa shape index (κ1) is 14.5. The quantitative estimate of drug-likeness (QED) is 0.859. The Morgan fingerprint density at radius 2 is 2.41 bits per heavy atom. The zero-order chi connectivity index (χ0) is 11.2. The first-order chi connectivity index (χ1) is 7.84. The third kappa shape index (κ3) is 5.06. The molecule has 0 saturated carbocycles. The zero-order valence-electron chi connectivity index (χ0n) is 9.56. The van der Waals surface area contributed by atoms with Gasteiger partial charge >= 0.3 is 6.01 Å². The van der Waals surface area contributed by atoms with Gasteiger partial charge in [-0.3, -0.25) is 0 Å². The Kier molecular flexibility index (Phi) is 6.55. The largest absolute Gasteiger partial charge is 0.463 e. The molecule has 1 aliphatic rings. The van der Waals surface area contributed by atoms with Crippen LogP contribution >= 0.6 is 24.0 Å². The lowest BCUT2D eigenvalue weighted by Crippen LogP contribution is -2.30. The molecule has 0 aromatic carbocycles. The second kappa shape index (κ2) is 7.69. The van der Waals surface area contributed by atoms with Crippen LogP contribution in [0.1, 0.15) is 19.3 Å². The number of hydrogen-bond donors (Lipinski definition) is 1. The molecule has 1 unspecified atom stereocenters. The molecule has 0 amide bonds. The molecule has 1 aliphatic heterocycles. The molecule has 0 aliphatic carbocycles. The van der Waals surface area contributed by atoms with Crippen molar-refractivity contribution in [2.24, 2.45) is 5.92 Å². The Morgan fingerprint density at radius 3 is 3.12 bits per heavy atom. The van der Waals surface area contributed by atoms with Gasteiger partial charge in [-0.05, 0) is 44.3 Å². The van der Waals surface area contributed by atoms with Gasteiger partial charge in [-0.1, -0.05) is 11.6 Å². The molecule has 1 N–H and O–H groups in total. The molecule has 17 heavy (non-hydrogen) atoms. The summed E-state index contributed by atoms with van der Waals surface area (Å²) in [5, 5.41) is 3.81. The summed E-state index contributed by atoms with van der Waals surface area (Å²) in [7, 11) is 0. The maximum Gasteiger partial charge on any atom is 0.317 e. The van der Waals surface area contributed by atoms with E-state index in [1.807, 2.05) is 0 Å². The van der Waals surface area contributed by atoms with Gasteiger partial charge in [0.2, 0.25) is 0 Å². The molecule has 1 aromatic heterocycles. The fourth-order valence-corrected chi connectivity index (χ4v) is 2.01. The van der Waals surface area contributed by atoms with Gasteiger partial charge in [0, 0.05) is 6.20 Å². The highest BCUT2D eigenvalue weighted by Crippen LogP contribution is 2.14. The summed E-state index contributed by atoms with van der Waals surface area (Å²) in [6.45, 7) is 2.90. The lowest BCUT2D eigenvalue weighted by atomic mass is 9.97. The van der Waals surface area contributed by atoms with Crippen molar-refractivity contribution in [3.8, 4) is 6.01 Å². The van der Waals surface area contributed by atoms with Crippen LogP contribution in [0, 0.1) is 5.92 Å². The molecule has 2 heterocycles. The Bertz CT molecular complexity index is 332. The van der Waals surface area contributed by atoms with Crippen molar-refractivity contribution in [2.75, 3.05) is 19.7 Å². The van der Waals surface area contributed by atoms with Gasteiger partial charge in [-0.15, -0.1) is 12.4 Å². The zero-order valence-corrected chi connectivity index (χ0v) is 11.1. The third-order valence-corrected chi connectivity index (χ3v) is 2.97. The van der Waals surface area contributed by atoms with Gasteiger partial charge in [-0.2, -0.15) is 4.98 Å². The summed E-state index contributed by atoms with van der Waals surface area (Å²) in [6.07, 6.45) is 5.20. The fourth-order valence-electron chi connectivity index (χ4n) is 1.88. The Labute approximate surface area is 113 Å². The monoisotopic (exact) mass is 277 g/mol. The van der Waals surface area contributed by atoms with Crippen LogP contribution < -0.4 is 10.1 Å². The summed E-state index contributed by atoms with van der Waals surface area (Å²) in [5.74, 6) is 0.716. The average Bonchev–Trinajstić information content (AvgIpc) is 2.30. The van der Waals surface area contributed by atoms with Crippen molar-refractivity contribution >= 4 is 24.0 Å². The number of halogens is 2. The molecular weight excluding hydrogens is 261 g/mol. The number of hydrogen-bond acceptors (Lipinski definition) is 4. The van der Waals surface area contributed by atoms with E-state index in [4.69, 9.17) is 16.3 Å². The minimum atomic E-state index is 0. The van der Waals surface area contributed by atoms with Crippen molar-refractivity contribution in [1.82, 2.24) is 15.3 Å².